The third-order valence-corrected chi connectivity index (χ3v) is 4.34. The summed E-state index contributed by atoms with van der Waals surface area (Å²) in [5, 5.41) is 16.5. The predicted octanol–water partition coefficient (Wildman–Crippen LogP) is 1.26. The van der Waals surface area contributed by atoms with Crippen LogP contribution >= 0.6 is 22.7 Å². The van der Waals surface area contributed by atoms with Crippen molar-refractivity contribution in [1.29, 1.82) is 0 Å². The molecule has 2 rings (SSSR count). The fraction of sp³-hybridized carbons (Fsp3) is 0.333. The van der Waals surface area contributed by atoms with Crippen LogP contribution in [0.4, 0.5) is 5.13 Å². The Kier molecular flexibility index (Phi) is 4.99. The van der Waals surface area contributed by atoms with E-state index in [1.165, 1.54) is 29.6 Å². The van der Waals surface area contributed by atoms with Crippen LogP contribution in [-0.4, -0.2) is 40.0 Å². The van der Waals surface area contributed by atoms with Crippen molar-refractivity contribution in [3.05, 3.63) is 16.1 Å². The highest BCUT2D eigenvalue weighted by molar-refractivity contribution is 7.19. The molecule has 2 aromatic rings. The highest BCUT2D eigenvalue weighted by Crippen LogP contribution is 2.33. The Bertz CT molecular complexity index is 665. The summed E-state index contributed by atoms with van der Waals surface area (Å²) in [6.45, 7) is 3.32. The number of carbonyl (C=O) groups is 2. The van der Waals surface area contributed by atoms with Crippen molar-refractivity contribution in [3.63, 3.8) is 0 Å². The van der Waals surface area contributed by atoms with Gasteiger partial charge in [0.05, 0.1) is 22.9 Å². The molecular weight excluding hydrogens is 312 g/mol. The normalized spacial score (nSPS) is 10.4. The summed E-state index contributed by atoms with van der Waals surface area (Å²) in [4.78, 5) is 32.1. The first-order chi connectivity index (χ1) is 10.0. The Morgan fingerprint density at radius 2 is 2.14 bits per heavy atom. The van der Waals surface area contributed by atoms with Gasteiger partial charge in [0.2, 0.25) is 5.91 Å². The molecule has 0 bridgehead atoms. The highest BCUT2D eigenvalue weighted by atomic mass is 32.1. The highest BCUT2D eigenvalue weighted by Gasteiger charge is 2.16. The molecule has 0 unspecified atom stereocenters. The largest absolute Gasteiger partial charge is 0.395 e. The van der Waals surface area contributed by atoms with Gasteiger partial charge in [-0.2, -0.15) is 0 Å². The number of anilines is 1. The van der Waals surface area contributed by atoms with Gasteiger partial charge in [-0.25, -0.2) is 9.97 Å². The monoisotopic (exact) mass is 326 g/mol. The van der Waals surface area contributed by atoms with Gasteiger partial charge >= 0.3 is 0 Å². The molecule has 0 radical (unpaired) electrons. The van der Waals surface area contributed by atoms with Crippen molar-refractivity contribution < 1.29 is 14.7 Å². The van der Waals surface area contributed by atoms with Crippen LogP contribution in [0.15, 0.2) is 5.38 Å². The number of rotatable bonds is 5. The molecule has 0 aliphatic heterocycles. The van der Waals surface area contributed by atoms with Gasteiger partial charge in [0.25, 0.3) is 5.91 Å². The van der Waals surface area contributed by atoms with Crippen LogP contribution in [-0.2, 0) is 4.79 Å². The number of hydrogen-bond acceptors (Lipinski definition) is 7. The van der Waals surface area contributed by atoms with Gasteiger partial charge in [-0.1, -0.05) is 11.3 Å². The zero-order valence-electron chi connectivity index (χ0n) is 11.5. The lowest BCUT2D eigenvalue weighted by molar-refractivity contribution is -0.114. The molecule has 0 aliphatic carbocycles. The van der Waals surface area contributed by atoms with Crippen molar-refractivity contribution in [3.8, 4) is 10.6 Å². The number of hydrogen-bond donors (Lipinski definition) is 3. The number of aryl methyl sites for hydroxylation is 1. The SMILES string of the molecule is CC(=O)Nc1nc(C)c(-c2csc(C(=O)NCCO)n2)s1. The van der Waals surface area contributed by atoms with Crippen LogP contribution < -0.4 is 10.6 Å². The van der Waals surface area contributed by atoms with Gasteiger partial charge in [0, 0.05) is 18.8 Å². The van der Waals surface area contributed by atoms with Crippen LogP contribution in [0.2, 0.25) is 0 Å². The molecule has 9 heteroatoms. The molecule has 2 heterocycles. The standard InChI is InChI=1S/C12H14N4O3S2/c1-6-9(21-12(14-6)15-7(2)18)8-5-20-11(16-8)10(19)13-3-4-17/h5,17H,3-4H2,1-2H3,(H,13,19)(H,14,15,18). The van der Waals surface area contributed by atoms with Gasteiger partial charge < -0.3 is 15.7 Å². The summed E-state index contributed by atoms with van der Waals surface area (Å²) in [5.41, 5.74) is 1.40. The molecule has 7 nitrogen and oxygen atoms in total. The molecule has 0 aromatic carbocycles. The van der Waals surface area contributed by atoms with Gasteiger partial charge in [0.1, 0.15) is 0 Å². The quantitative estimate of drug-likeness (QED) is 0.767. The summed E-state index contributed by atoms with van der Waals surface area (Å²) < 4.78 is 0. The fourth-order valence-corrected chi connectivity index (χ4v) is 3.34. The molecule has 2 amide bonds. The molecule has 0 saturated carbocycles. The minimum absolute atomic E-state index is 0.113. The van der Waals surface area contributed by atoms with E-state index < -0.39 is 0 Å². The van der Waals surface area contributed by atoms with E-state index in [1.807, 2.05) is 6.92 Å². The van der Waals surface area contributed by atoms with Crippen molar-refractivity contribution in [2.45, 2.75) is 13.8 Å². The van der Waals surface area contributed by atoms with Crippen molar-refractivity contribution in [2.75, 3.05) is 18.5 Å². The third-order valence-electron chi connectivity index (χ3n) is 2.41. The number of nitrogens with one attached hydrogen (secondary N) is 2. The van der Waals surface area contributed by atoms with E-state index in [9.17, 15) is 9.59 Å². The second-order valence-electron chi connectivity index (χ2n) is 4.13. The molecular formula is C12H14N4O3S2. The van der Waals surface area contributed by atoms with Crippen molar-refractivity contribution in [1.82, 2.24) is 15.3 Å². The molecule has 0 fully saturated rings. The minimum atomic E-state index is -0.315. The maximum Gasteiger partial charge on any atom is 0.280 e. The molecule has 112 valence electrons. The molecule has 0 aliphatic rings. The first-order valence-corrected chi connectivity index (χ1v) is 7.81. The second-order valence-corrected chi connectivity index (χ2v) is 5.99. The number of nitrogens with zero attached hydrogens (tertiary/aromatic N) is 2. The summed E-state index contributed by atoms with van der Waals surface area (Å²) in [5.74, 6) is -0.498. The Labute approximate surface area is 129 Å². The van der Waals surface area contributed by atoms with E-state index in [-0.39, 0.29) is 25.0 Å². The van der Waals surface area contributed by atoms with Crippen molar-refractivity contribution in [2.24, 2.45) is 0 Å². The minimum Gasteiger partial charge on any atom is -0.395 e. The lowest BCUT2D eigenvalue weighted by atomic mass is 10.3. The van der Waals surface area contributed by atoms with Crippen LogP contribution in [0.25, 0.3) is 10.6 Å². The fourth-order valence-electron chi connectivity index (χ4n) is 1.57. The molecule has 0 spiro atoms. The lowest BCUT2D eigenvalue weighted by Gasteiger charge is -1.98. The summed E-state index contributed by atoms with van der Waals surface area (Å²) in [6.07, 6.45) is 0. The molecule has 0 atom stereocenters. The number of aliphatic hydroxyl groups is 1. The van der Waals surface area contributed by atoms with E-state index in [0.717, 1.165) is 10.6 Å². The second kappa shape index (κ2) is 6.74. The maximum atomic E-state index is 11.7. The van der Waals surface area contributed by atoms with E-state index in [1.54, 1.807) is 5.38 Å². The average Bonchev–Trinajstić information content (AvgIpc) is 3.02. The van der Waals surface area contributed by atoms with Gasteiger partial charge in [0.15, 0.2) is 10.1 Å². The van der Waals surface area contributed by atoms with E-state index in [4.69, 9.17) is 5.11 Å². The summed E-state index contributed by atoms with van der Waals surface area (Å²) in [6, 6.07) is 0. The first kappa shape index (κ1) is 15.5. The zero-order valence-corrected chi connectivity index (χ0v) is 13.1. The Morgan fingerprint density at radius 3 is 2.81 bits per heavy atom. The Morgan fingerprint density at radius 1 is 1.38 bits per heavy atom. The summed E-state index contributed by atoms with van der Waals surface area (Å²) >= 11 is 2.53. The first-order valence-electron chi connectivity index (χ1n) is 6.11. The topological polar surface area (TPSA) is 104 Å². The van der Waals surface area contributed by atoms with E-state index in [0.29, 0.717) is 15.8 Å². The maximum absolute atomic E-state index is 11.7. The Hall–Kier alpha value is -1.84. The number of carbonyl (C=O) groups excluding carboxylic acids is 2. The lowest BCUT2D eigenvalue weighted by Crippen LogP contribution is -2.26. The van der Waals surface area contributed by atoms with Crippen LogP contribution in [0.5, 0.6) is 0 Å². The van der Waals surface area contributed by atoms with Gasteiger partial charge in [-0.15, -0.1) is 11.3 Å². The van der Waals surface area contributed by atoms with E-state index >= 15 is 0 Å². The zero-order chi connectivity index (χ0) is 15.4. The number of amides is 2. The summed E-state index contributed by atoms with van der Waals surface area (Å²) in [7, 11) is 0. The van der Waals surface area contributed by atoms with Gasteiger partial charge in [-0.3, -0.25) is 9.59 Å². The average molecular weight is 326 g/mol. The smallest absolute Gasteiger partial charge is 0.280 e. The molecule has 0 saturated heterocycles. The van der Waals surface area contributed by atoms with Crippen LogP contribution in [0.1, 0.15) is 22.4 Å². The molecule has 2 aromatic heterocycles. The van der Waals surface area contributed by atoms with Crippen molar-refractivity contribution >= 4 is 39.6 Å². The molecule has 21 heavy (non-hydrogen) atoms. The Balaban J connectivity index is 2.19. The number of aromatic nitrogens is 2. The van der Waals surface area contributed by atoms with Crippen LogP contribution in [0, 0.1) is 6.92 Å². The number of aliphatic hydroxyl groups excluding tert-OH is 1. The third kappa shape index (κ3) is 3.84. The number of thiazole rings is 2. The van der Waals surface area contributed by atoms with Gasteiger partial charge in [-0.05, 0) is 6.92 Å². The molecule has 3 N–H and O–H groups in total. The van der Waals surface area contributed by atoms with Crippen LogP contribution in [0.3, 0.4) is 0 Å². The predicted molar refractivity (Wildman–Crippen MR) is 81.7 cm³/mol. The van der Waals surface area contributed by atoms with E-state index in [2.05, 4.69) is 20.6 Å².